The maximum atomic E-state index is 13.0. The van der Waals surface area contributed by atoms with Gasteiger partial charge in [0.15, 0.2) is 9.84 Å². The minimum atomic E-state index is -3.35. The highest BCUT2D eigenvalue weighted by Gasteiger charge is 2.40. The lowest BCUT2D eigenvalue weighted by atomic mass is 10.2. The fourth-order valence-corrected chi connectivity index (χ4v) is 7.65. The average Bonchev–Trinajstić information content (AvgIpc) is 3.37. The molecule has 3 heterocycles. The van der Waals surface area contributed by atoms with Gasteiger partial charge in [0.1, 0.15) is 6.04 Å². The second kappa shape index (κ2) is 10.5. The molecule has 0 aromatic carbocycles. The molecule has 0 radical (unpaired) electrons. The van der Waals surface area contributed by atoms with Crippen LogP contribution in [-0.4, -0.2) is 103 Å². The summed E-state index contributed by atoms with van der Waals surface area (Å²) in [7, 11) is 0.507. The zero-order valence-corrected chi connectivity index (χ0v) is 21.0. The summed E-state index contributed by atoms with van der Waals surface area (Å²) in [5.74, 6) is 0.345. The molecule has 1 aromatic heterocycles. The molecule has 2 atom stereocenters. The molecule has 3 amide bonds. The molecule has 12 heteroatoms. The first-order chi connectivity index (χ1) is 15.1. The molecule has 0 aliphatic carbocycles. The van der Waals surface area contributed by atoms with E-state index < -0.39 is 21.1 Å². The van der Waals surface area contributed by atoms with Gasteiger partial charge in [0.05, 0.1) is 21.8 Å². The van der Waals surface area contributed by atoms with Gasteiger partial charge in [-0.2, -0.15) is 0 Å². The maximum Gasteiger partial charge on any atom is 0.261 e. The first kappa shape index (κ1) is 25.0. The number of thioether (sulfide) groups is 1. The largest absolute Gasteiger partial charge is 0.351 e. The number of nitrogens with zero attached hydrogens (tertiary/aromatic N) is 3. The van der Waals surface area contributed by atoms with Crippen molar-refractivity contribution in [3.63, 3.8) is 0 Å². The highest BCUT2D eigenvalue weighted by Crippen LogP contribution is 2.25. The zero-order valence-electron chi connectivity index (χ0n) is 18.6. The van der Waals surface area contributed by atoms with Crippen molar-refractivity contribution in [1.82, 2.24) is 20.0 Å². The number of rotatable bonds is 7. The van der Waals surface area contributed by atoms with Crippen LogP contribution in [0.1, 0.15) is 28.6 Å². The fraction of sp³-hybridized carbons (Fsp3) is 0.650. The lowest BCUT2D eigenvalue weighted by Gasteiger charge is -2.35. The average molecular weight is 503 g/mol. The highest BCUT2D eigenvalue weighted by molar-refractivity contribution is 7.99. The third-order valence-corrected chi connectivity index (χ3v) is 9.77. The van der Waals surface area contributed by atoms with Crippen molar-refractivity contribution in [2.45, 2.75) is 31.2 Å². The van der Waals surface area contributed by atoms with Crippen LogP contribution in [0.25, 0.3) is 0 Å². The van der Waals surface area contributed by atoms with E-state index in [4.69, 9.17) is 0 Å². The highest BCUT2D eigenvalue weighted by atomic mass is 32.2. The van der Waals surface area contributed by atoms with Crippen molar-refractivity contribution >= 4 is 50.7 Å². The normalized spacial score (nSPS) is 22.9. The summed E-state index contributed by atoms with van der Waals surface area (Å²) in [6.07, 6.45) is 0.238. The maximum absolute atomic E-state index is 13.0. The summed E-state index contributed by atoms with van der Waals surface area (Å²) < 4.78 is 25.2. The lowest BCUT2D eigenvalue weighted by Crippen LogP contribution is -2.55. The Morgan fingerprint density at radius 1 is 1.28 bits per heavy atom. The molecule has 1 N–H and O–H groups in total. The predicted molar refractivity (Wildman–Crippen MR) is 126 cm³/mol. The molecule has 178 valence electrons. The van der Waals surface area contributed by atoms with Crippen LogP contribution < -0.4 is 5.32 Å². The van der Waals surface area contributed by atoms with Crippen molar-refractivity contribution in [3.8, 4) is 0 Å². The number of nitrogens with one attached hydrogen (secondary N) is 1. The fourth-order valence-electron chi connectivity index (χ4n) is 3.92. The molecule has 3 rings (SSSR count). The molecule has 0 spiro atoms. The van der Waals surface area contributed by atoms with Gasteiger partial charge in [-0.3, -0.25) is 14.4 Å². The second-order valence-electron chi connectivity index (χ2n) is 8.34. The van der Waals surface area contributed by atoms with Crippen LogP contribution in [0.3, 0.4) is 0 Å². The van der Waals surface area contributed by atoms with Crippen molar-refractivity contribution in [2.75, 3.05) is 51.1 Å². The van der Waals surface area contributed by atoms with Crippen molar-refractivity contribution in [1.29, 1.82) is 0 Å². The summed E-state index contributed by atoms with van der Waals surface area (Å²) in [4.78, 5) is 43.1. The van der Waals surface area contributed by atoms with Crippen molar-refractivity contribution in [3.05, 3.63) is 21.9 Å². The van der Waals surface area contributed by atoms with Gasteiger partial charge in [-0.15, -0.1) is 23.1 Å². The summed E-state index contributed by atoms with van der Waals surface area (Å²) in [5, 5.41) is 3.97. The monoisotopic (exact) mass is 502 g/mol. The van der Waals surface area contributed by atoms with Crippen LogP contribution in [0.4, 0.5) is 0 Å². The van der Waals surface area contributed by atoms with Gasteiger partial charge in [-0.1, -0.05) is 0 Å². The van der Waals surface area contributed by atoms with E-state index in [-0.39, 0.29) is 49.5 Å². The molecule has 2 saturated heterocycles. The molecule has 0 bridgehead atoms. The number of carbonyl (C=O) groups is 3. The van der Waals surface area contributed by atoms with Gasteiger partial charge < -0.3 is 20.0 Å². The molecule has 1 aromatic rings. The van der Waals surface area contributed by atoms with Crippen LogP contribution in [0.15, 0.2) is 11.4 Å². The lowest BCUT2D eigenvalue weighted by molar-refractivity contribution is -0.142. The summed E-state index contributed by atoms with van der Waals surface area (Å²) >= 11 is 2.88. The Kier molecular flexibility index (Phi) is 8.23. The number of thiophene rings is 1. The number of hydrogen-bond donors (Lipinski definition) is 1. The van der Waals surface area contributed by atoms with E-state index in [0.717, 1.165) is 5.56 Å². The second-order valence-corrected chi connectivity index (χ2v) is 12.7. The van der Waals surface area contributed by atoms with E-state index in [9.17, 15) is 22.8 Å². The Balaban J connectivity index is 1.58. The molecular formula is C20H30N4O5S3. The first-order valence-electron chi connectivity index (χ1n) is 10.4. The Morgan fingerprint density at radius 3 is 2.72 bits per heavy atom. The molecular weight excluding hydrogens is 472 g/mol. The van der Waals surface area contributed by atoms with Gasteiger partial charge in [-0.05, 0) is 37.5 Å². The minimum Gasteiger partial charge on any atom is -0.351 e. The van der Waals surface area contributed by atoms with Crippen LogP contribution >= 0.6 is 23.1 Å². The number of amides is 3. The molecule has 0 saturated carbocycles. The van der Waals surface area contributed by atoms with E-state index in [0.29, 0.717) is 23.1 Å². The first-order valence-corrected chi connectivity index (χ1v) is 14.2. The Hall–Kier alpha value is -1.63. The van der Waals surface area contributed by atoms with Gasteiger partial charge in [0.25, 0.3) is 5.91 Å². The number of sulfone groups is 1. The summed E-state index contributed by atoms with van der Waals surface area (Å²) in [5.41, 5.74) is 0.934. The smallest absolute Gasteiger partial charge is 0.261 e. The predicted octanol–water partition coefficient (Wildman–Crippen LogP) is 0.477. The van der Waals surface area contributed by atoms with Crippen LogP contribution in [0.2, 0.25) is 0 Å². The Morgan fingerprint density at radius 2 is 2.03 bits per heavy atom. The number of hydrogen-bond acceptors (Lipinski definition) is 8. The third kappa shape index (κ3) is 5.83. The van der Waals surface area contributed by atoms with Gasteiger partial charge in [0, 0.05) is 38.9 Å². The topological polar surface area (TPSA) is 107 Å². The van der Waals surface area contributed by atoms with Crippen LogP contribution in [-0.2, 0) is 26.0 Å². The van der Waals surface area contributed by atoms with Gasteiger partial charge >= 0.3 is 0 Å². The Labute approximate surface area is 197 Å². The minimum absolute atomic E-state index is 0.0921. The quantitative estimate of drug-likeness (QED) is 0.578. The molecule has 2 fully saturated rings. The summed E-state index contributed by atoms with van der Waals surface area (Å²) in [6.45, 7) is 2.53. The molecule has 2 aliphatic rings. The summed E-state index contributed by atoms with van der Waals surface area (Å²) in [6, 6.07) is 1.38. The van der Waals surface area contributed by atoms with E-state index in [2.05, 4.69) is 5.32 Å². The molecule has 1 unspecified atom stereocenters. The SMILES string of the molecule is CC(=O)N1CSC[C@@H]1C(=O)N1CCS(=O)(=O)C(CCNC(=O)c2sccc2CN(C)C)C1. The van der Waals surface area contributed by atoms with E-state index in [1.807, 2.05) is 30.4 Å². The van der Waals surface area contributed by atoms with Gasteiger partial charge in [-0.25, -0.2) is 8.42 Å². The standard InChI is InChI=1S/C20H30N4O5S3/c1-14(25)24-13-30-12-17(24)20(27)23-7-9-32(28,29)16(11-23)4-6-21-19(26)18-15(5-8-31-18)10-22(2)3/h5,8,16-17H,4,6-7,9-13H2,1-3H3,(H,21,26)/t16?,17-/m1/s1. The van der Waals surface area contributed by atoms with E-state index in [1.54, 1.807) is 4.90 Å². The van der Waals surface area contributed by atoms with E-state index in [1.165, 1.54) is 34.9 Å². The Bertz CT molecular complexity index is 962. The van der Waals surface area contributed by atoms with Gasteiger partial charge in [0.2, 0.25) is 11.8 Å². The van der Waals surface area contributed by atoms with Crippen LogP contribution in [0.5, 0.6) is 0 Å². The van der Waals surface area contributed by atoms with E-state index >= 15 is 0 Å². The third-order valence-electron chi connectivity index (χ3n) is 5.65. The number of carbonyl (C=O) groups excluding carboxylic acids is 3. The van der Waals surface area contributed by atoms with Crippen molar-refractivity contribution in [2.24, 2.45) is 0 Å². The van der Waals surface area contributed by atoms with Crippen molar-refractivity contribution < 1.29 is 22.8 Å². The molecule has 32 heavy (non-hydrogen) atoms. The zero-order chi connectivity index (χ0) is 23.5. The molecule has 9 nitrogen and oxygen atoms in total. The van der Waals surface area contributed by atoms with Crippen LogP contribution in [0, 0.1) is 0 Å². The molecule has 2 aliphatic heterocycles.